The van der Waals surface area contributed by atoms with Crippen LogP contribution in [0.15, 0.2) is 59.8 Å². The molecule has 26 heavy (non-hydrogen) atoms. The van der Waals surface area contributed by atoms with Crippen LogP contribution in [0.1, 0.15) is 24.7 Å². The van der Waals surface area contributed by atoms with Crippen LogP contribution in [-0.4, -0.2) is 26.4 Å². The second-order valence-electron chi connectivity index (χ2n) is 5.94. The van der Waals surface area contributed by atoms with Gasteiger partial charge in [0.05, 0.1) is 0 Å². The Morgan fingerprint density at radius 3 is 2.65 bits per heavy atom. The number of hydrogen-bond acceptors (Lipinski definition) is 4. The molecule has 0 fully saturated rings. The summed E-state index contributed by atoms with van der Waals surface area (Å²) in [5.41, 5.74) is 3.00. The molecular weight excluding hydrogens is 344 g/mol. The fourth-order valence-electron chi connectivity index (χ4n) is 2.64. The topological polar surface area (TPSA) is 59.8 Å². The predicted molar refractivity (Wildman–Crippen MR) is 106 cm³/mol. The molecule has 2 aromatic carbocycles. The van der Waals surface area contributed by atoms with Gasteiger partial charge >= 0.3 is 0 Å². The summed E-state index contributed by atoms with van der Waals surface area (Å²) in [7, 11) is 0. The summed E-state index contributed by atoms with van der Waals surface area (Å²) in [5, 5.41) is 12.3. The van der Waals surface area contributed by atoms with Crippen LogP contribution in [-0.2, 0) is 11.2 Å². The lowest BCUT2D eigenvalue weighted by atomic mass is 10.2. The quantitative estimate of drug-likeness (QED) is 0.635. The second-order valence-corrected chi connectivity index (χ2v) is 7.00. The number of aryl methyl sites for hydroxylation is 2. The van der Waals surface area contributed by atoms with Gasteiger partial charge in [0.25, 0.3) is 0 Å². The first kappa shape index (κ1) is 18.2. The third kappa shape index (κ3) is 4.52. The van der Waals surface area contributed by atoms with Gasteiger partial charge in [0, 0.05) is 30.0 Å². The van der Waals surface area contributed by atoms with Gasteiger partial charge < -0.3 is 5.32 Å². The maximum absolute atomic E-state index is 12.2. The van der Waals surface area contributed by atoms with Gasteiger partial charge in [-0.2, -0.15) is 0 Å². The van der Waals surface area contributed by atoms with Crippen molar-refractivity contribution >= 4 is 23.4 Å². The summed E-state index contributed by atoms with van der Waals surface area (Å²) in [6.45, 7) is 4.07. The van der Waals surface area contributed by atoms with Gasteiger partial charge in [-0.05, 0) is 36.8 Å². The van der Waals surface area contributed by atoms with Crippen molar-refractivity contribution in [2.75, 3.05) is 11.1 Å². The lowest BCUT2D eigenvalue weighted by Crippen LogP contribution is -2.12. The van der Waals surface area contributed by atoms with E-state index in [1.807, 2.05) is 61.5 Å². The number of rotatable bonds is 7. The van der Waals surface area contributed by atoms with Crippen LogP contribution in [0.4, 0.5) is 5.69 Å². The van der Waals surface area contributed by atoms with Crippen LogP contribution in [0.5, 0.6) is 0 Å². The van der Waals surface area contributed by atoms with Crippen molar-refractivity contribution in [2.24, 2.45) is 0 Å². The molecule has 134 valence electrons. The van der Waals surface area contributed by atoms with Crippen LogP contribution in [0.2, 0.25) is 0 Å². The van der Waals surface area contributed by atoms with Crippen molar-refractivity contribution in [3.63, 3.8) is 0 Å². The molecular formula is C20H22N4OS. The zero-order chi connectivity index (χ0) is 18.4. The molecule has 0 aliphatic heterocycles. The Labute approximate surface area is 157 Å². The highest BCUT2D eigenvalue weighted by Crippen LogP contribution is 2.23. The first-order chi connectivity index (χ1) is 12.7. The Morgan fingerprint density at radius 1 is 1.12 bits per heavy atom. The molecule has 1 amide bonds. The summed E-state index contributed by atoms with van der Waals surface area (Å²) in [6.07, 6.45) is 1.22. The van der Waals surface area contributed by atoms with E-state index in [1.165, 1.54) is 0 Å². The third-order valence-corrected chi connectivity index (χ3v) is 4.82. The highest BCUT2D eigenvalue weighted by Gasteiger charge is 2.13. The number of hydrogen-bond donors (Lipinski definition) is 1. The van der Waals surface area contributed by atoms with E-state index in [-0.39, 0.29) is 5.91 Å². The first-order valence-corrected chi connectivity index (χ1v) is 9.65. The number of aromatic nitrogens is 3. The van der Waals surface area contributed by atoms with Crippen molar-refractivity contribution in [1.82, 2.24) is 14.8 Å². The van der Waals surface area contributed by atoms with E-state index in [1.54, 1.807) is 11.8 Å². The number of carbonyl (C=O) groups excluding carboxylic acids is 1. The monoisotopic (exact) mass is 366 g/mol. The number of anilines is 1. The SMILES string of the molecule is CCc1nnc(SCCC(=O)Nc2cccc(C)c2)n1-c1ccccc1. The molecule has 1 aromatic heterocycles. The summed E-state index contributed by atoms with van der Waals surface area (Å²) >= 11 is 1.55. The lowest BCUT2D eigenvalue weighted by molar-refractivity contribution is -0.115. The van der Waals surface area contributed by atoms with Crippen molar-refractivity contribution in [1.29, 1.82) is 0 Å². The smallest absolute Gasteiger partial charge is 0.225 e. The molecule has 5 nitrogen and oxygen atoms in total. The first-order valence-electron chi connectivity index (χ1n) is 8.66. The Kier molecular flexibility index (Phi) is 6.07. The molecule has 0 unspecified atom stereocenters. The normalized spacial score (nSPS) is 10.7. The number of benzene rings is 2. The predicted octanol–water partition coefficient (Wildman–Crippen LogP) is 4.26. The van der Waals surface area contributed by atoms with Gasteiger partial charge in [0.1, 0.15) is 5.82 Å². The largest absolute Gasteiger partial charge is 0.326 e. The summed E-state index contributed by atoms with van der Waals surface area (Å²) in [5.74, 6) is 1.57. The van der Waals surface area contributed by atoms with Gasteiger partial charge in [-0.1, -0.05) is 49.0 Å². The van der Waals surface area contributed by atoms with Crippen molar-refractivity contribution in [2.45, 2.75) is 31.8 Å². The zero-order valence-corrected chi connectivity index (χ0v) is 15.8. The second kappa shape index (κ2) is 8.67. The number of thioether (sulfide) groups is 1. The van der Waals surface area contributed by atoms with Crippen molar-refractivity contribution in [3.05, 3.63) is 66.0 Å². The maximum atomic E-state index is 12.2. The van der Waals surface area contributed by atoms with E-state index < -0.39 is 0 Å². The highest BCUT2D eigenvalue weighted by molar-refractivity contribution is 7.99. The molecule has 0 spiro atoms. The molecule has 1 N–H and O–H groups in total. The number of amides is 1. The van der Waals surface area contributed by atoms with E-state index in [0.29, 0.717) is 12.2 Å². The standard InChI is InChI=1S/C20H22N4OS/c1-3-18-22-23-20(24(18)17-10-5-4-6-11-17)26-13-12-19(25)21-16-9-7-8-15(2)14-16/h4-11,14H,3,12-13H2,1-2H3,(H,21,25). The number of carbonyl (C=O) groups is 1. The Bertz CT molecular complexity index is 877. The third-order valence-electron chi connectivity index (χ3n) is 3.89. The number of para-hydroxylation sites is 1. The minimum absolute atomic E-state index is 0.00425. The molecule has 1 heterocycles. The van der Waals surface area contributed by atoms with Gasteiger partial charge in [-0.15, -0.1) is 10.2 Å². The fourth-order valence-corrected chi connectivity index (χ4v) is 3.55. The van der Waals surface area contributed by atoms with E-state index in [9.17, 15) is 4.79 Å². The molecule has 0 atom stereocenters. The summed E-state index contributed by atoms with van der Waals surface area (Å²) in [4.78, 5) is 12.2. The average Bonchev–Trinajstić information content (AvgIpc) is 3.05. The van der Waals surface area contributed by atoms with E-state index >= 15 is 0 Å². The Balaban J connectivity index is 1.62. The van der Waals surface area contributed by atoms with Crippen molar-refractivity contribution in [3.8, 4) is 5.69 Å². The van der Waals surface area contributed by atoms with Gasteiger partial charge in [0.2, 0.25) is 5.91 Å². The lowest BCUT2D eigenvalue weighted by Gasteiger charge is -2.09. The van der Waals surface area contributed by atoms with E-state index in [2.05, 4.69) is 27.0 Å². The van der Waals surface area contributed by atoms with Crippen molar-refractivity contribution < 1.29 is 4.79 Å². The molecule has 0 aliphatic carbocycles. The van der Waals surface area contributed by atoms with Crippen LogP contribution >= 0.6 is 11.8 Å². The molecule has 0 saturated carbocycles. The van der Waals surface area contributed by atoms with E-state index in [4.69, 9.17) is 0 Å². The fraction of sp³-hybridized carbons (Fsp3) is 0.250. The van der Waals surface area contributed by atoms with E-state index in [0.717, 1.165) is 34.3 Å². The van der Waals surface area contributed by atoms with Crippen LogP contribution in [0.3, 0.4) is 0 Å². The van der Waals surface area contributed by atoms with Crippen LogP contribution < -0.4 is 5.32 Å². The molecule has 0 radical (unpaired) electrons. The van der Waals surface area contributed by atoms with Gasteiger partial charge in [0.15, 0.2) is 5.16 Å². The maximum Gasteiger partial charge on any atom is 0.225 e. The summed E-state index contributed by atoms with van der Waals surface area (Å²) in [6, 6.07) is 17.9. The van der Waals surface area contributed by atoms with Gasteiger partial charge in [-0.3, -0.25) is 9.36 Å². The molecule has 3 aromatic rings. The zero-order valence-electron chi connectivity index (χ0n) is 15.0. The number of nitrogens with one attached hydrogen (secondary N) is 1. The molecule has 3 rings (SSSR count). The molecule has 0 bridgehead atoms. The number of nitrogens with zero attached hydrogens (tertiary/aromatic N) is 3. The summed E-state index contributed by atoms with van der Waals surface area (Å²) < 4.78 is 2.06. The van der Waals surface area contributed by atoms with Gasteiger partial charge in [-0.25, -0.2) is 0 Å². The highest BCUT2D eigenvalue weighted by atomic mass is 32.2. The molecule has 0 saturated heterocycles. The average molecular weight is 366 g/mol. The van der Waals surface area contributed by atoms with Crippen LogP contribution in [0, 0.1) is 6.92 Å². The minimum Gasteiger partial charge on any atom is -0.326 e. The molecule has 6 heteroatoms. The Hall–Kier alpha value is -2.60. The minimum atomic E-state index is 0.00425. The van der Waals surface area contributed by atoms with Crippen LogP contribution in [0.25, 0.3) is 5.69 Å². The molecule has 0 aliphatic rings. The Morgan fingerprint density at radius 2 is 1.92 bits per heavy atom.